The molecule has 1 unspecified atom stereocenters. The molecule has 2 rings (SSSR count). The zero-order valence-electron chi connectivity index (χ0n) is 11.7. The molecule has 0 amide bonds. The Hall–Kier alpha value is -2.31. The molecule has 7 heteroatoms. The Balaban J connectivity index is 2.46. The molecule has 1 atom stereocenters. The summed E-state index contributed by atoms with van der Waals surface area (Å²) in [4.78, 5) is 15.3. The van der Waals surface area contributed by atoms with Gasteiger partial charge in [0.1, 0.15) is 5.69 Å². The van der Waals surface area contributed by atoms with Crippen LogP contribution in [0.15, 0.2) is 18.3 Å². The quantitative estimate of drug-likeness (QED) is 0.892. The topological polar surface area (TPSA) is 93.8 Å². The molecule has 0 bridgehead atoms. The molecule has 106 valence electrons. The van der Waals surface area contributed by atoms with Crippen molar-refractivity contribution in [1.29, 1.82) is 0 Å². The average Bonchev–Trinajstić information content (AvgIpc) is 2.84. The predicted octanol–water partition coefficient (Wildman–Crippen LogP) is 1.72. The van der Waals surface area contributed by atoms with Crippen molar-refractivity contribution in [2.24, 2.45) is 5.92 Å². The second-order valence-corrected chi connectivity index (χ2v) is 5.03. The van der Waals surface area contributed by atoms with E-state index >= 15 is 0 Å². The third-order valence-electron chi connectivity index (χ3n) is 3.18. The van der Waals surface area contributed by atoms with Gasteiger partial charge in [-0.25, -0.2) is 4.68 Å². The fourth-order valence-corrected chi connectivity index (χ4v) is 2.08. The van der Waals surface area contributed by atoms with Gasteiger partial charge in [-0.15, -0.1) is 5.10 Å². The summed E-state index contributed by atoms with van der Waals surface area (Å²) in [5.41, 5.74) is 1.62. The number of aromatic nitrogens is 5. The number of aryl methyl sites for hydroxylation is 1. The van der Waals surface area contributed by atoms with Crippen LogP contribution in [0.3, 0.4) is 0 Å². The van der Waals surface area contributed by atoms with Crippen LogP contribution in [-0.4, -0.2) is 36.3 Å². The highest BCUT2D eigenvalue weighted by Gasteiger charge is 2.25. The number of pyridine rings is 1. The first-order valence-corrected chi connectivity index (χ1v) is 6.42. The Morgan fingerprint density at radius 3 is 2.80 bits per heavy atom. The lowest BCUT2D eigenvalue weighted by molar-refractivity contribution is -0.138. The molecular weight excluding hydrogens is 258 g/mol. The Bertz CT molecular complexity index is 608. The van der Waals surface area contributed by atoms with Crippen molar-refractivity contribution in [3.05, 3.63) is 23.9 Å². The molecule has 0 aliphatic rings. The smallest absolute Gasteiger partial charge is 0.305 e. The molecule has 0 aliphatic carbocycles. The minimum Gasteiger partial charge on any atom is -0.481 e. The lowest BCUT2D eigenvalue weighted by Gasteiger charge is -2.20. The molecule has 0 aliphatic heterocycles. The van der Waals surface area contributed by atoms with Crippen LogP contribution >= 0.6 is 0 Å². The van der Waals surface area contributed by atoms with E-state index in [0.29, 0.717) is 11.5 Å². The minimum absolute atomic E-state index is 0.0262. The lowest BCUT2D eigenvalue weighted by atomic mass is 10.0. The zero-order chi connectivity index (χ0) is 14.7. The lowest BCUT2D eigenvalue weighted by Crippen LogP contribution is -2.21. The maximum absolute atomic E-state index is 11.0. The zero-order valence-corrected chi connectivity index (χ0v) is 11.7. The standard InChI is InChI=1S/C13H17N5O2/c1-8(2)10(7-11(19)20)18-13(15-16-17-18)12-9(3)5-4-6-14-12/h4-6,8,10H,7H2,1-3H3,(H,19,20). The molecule has 0 spiro atoms. The molecule has 2 aromatic heterocycles. The van der Waals surface area contributed by atoms with E-state index < -0.39 is 5.97 Å². The Labute approximate surface area is 116 Å². The molecule has 7 nitrogen and oxygen atoms in total. The average molecular weight is 275 g/mol. The van der Waals surface area contributed by atoms with E-state index in [-0.39, 0.29) is 18.4 Å². The van der Waals surface area contributed by atoms with Crippen molar-refractivity contribution in [2.75, 3.05) is 0 Å². The van der Waals surface area contributed by atoms with Crippen molar-refractivity contribution >= 4 is 5.97 Å². The summed E-state index contributed by atoms with van der Waals surface area (Å²) in [6, 6.07) is 3.45. The first kappa shape index (κ1) is 14.1. The van der Waals surface area contributed by atoms with Crippen molar-refractivity contribution in [1.82, 2.24) is 25.2 Å². The maximum Gasteiger partial charge on any atom is 0.305 e. The molecule has 0 fully saturated rings. The summed E-state index contributed by atoms with van der Waals surface area (Å²) in [5, 5.41) is 20.7. The minimum atomic E-state index is -0.872. The first-order valence-electron chi connectivity index (χ1n) is 6.42. The van der Waals surface area contributed by atoms with Crippen LogP contribution in [0.4, 0.5) is 0 Å². The number of carbonyl (C=O) groups is 1. The van der Waals surface area contributed by atoms with E-state index in [9.17, 15) is 4.79 Å². The molecule has 20 heavy (non-hydrogen) atoms. The Morgan fingerprint density at radius 1 is 1.45 bits per heavy atom. The highest BCUT2D eigenvalue weighted by Crippen LogP contribution is 2.26. The number of nitrogens with zero attached hydrogens (tertiary/aromatic N) is 5. The number of aliphatic carboxylic acids is 1. The number of carboxylic acid groups (broad SMARTS) is 1. The normalized spacial score (nSPS) is 12.6. The van der Waals surface area contributed by atoms with Crippen LogP contribution in [0.1, 0.15) is 31.9 Å². The molecule has 2 aromatic rings. The maximum atomic E-state index is 11.0. The largest absolute Gasteiger partial charge is 0.481 e. The van der Waals surface area contributed by atoms with Gasteiger partial charge in [-0.3, -0.25) is 9.78 Å². The number of rotatable bonds is 5. The van der Waals surface area contributed by atoms with Crippen LogP contribution in [0, 0.1) is 12.8 Å². The van der Waals surface area contributed by atoms with Gasteiger partial charge in [0, 0.05) is 6.20 Å². The van der Waals surface area contributed by atoms with Crippen molar-refractivity contribution in [3.63, 3.8) is 0 Å². The van der Waals surface area contributed by atoms with Crippen LogP contribution in [0.25, 0.3) is 11.5 Å². The van der Waals surface area contributed by atoms with Crippen LogP contribution in [0.2, 0.25) is 0 Å². The molecular formula is C13H17N5O2. The Kier molecular flexibility index (Phi) is 4.07. The van der Waals surface area contributed by atoms with Gasteiger partial charge >= 0.3 is 5.97 Å². The van der Waals surface area contributed by atoms with E-state index in [1.54, 1.807) is 10.9 Å². The number of carboxylic acids is 1. The predicted molar refractivity (Wildman–Crippen MR) is 71.9 cm³/mol. The van der Waals surface area contributed by atoms with Gasteiger partial charge in [0.15, 0.2) is 0 Å². The van der Waals surface area contributed by atoms with Gasteiger partial charge in [-0.1, -0.05) is 19.9 Å². The summed E-state index contributed by atoms with van der Waals surface area (Å²) in [5.74, 6) is -0.275. The summed E-state index contributed by atoms with van der Waals surface area (Å²) in [7, 11) is 0. The number of hydrogen-bond donors (Lipinski definition) is 1. The van der Waals surface area contributed by atoms with Gasteiger partial charge in [-0.2, -0.15) is 0 Å². The third-order valence-corrected chi connectivity index (χ3v) is 3.18. The van der Waals surface area contributed by atoms with Crippen molar-refractivity contribution in [3.8, 4) is 11.5 Å². The first-order chi connectivity index (χ1) is 9.50. The van der Waals surface area contributed by atoms with E-state index in [1.165, 1.54) is 0 Å². The second kappa shape index (κ2) is 5.77. The van der Waals surface area contributed by atoms with Crippen LogP contribution in [0.5, 0.6) is 0 Å². The van der Waals surface area contributed by atoms with Gasteiger partial charge in [0.2, 0.25) is 5.82 Å². The van der Waals surface area contributed by atoms with Gasteiger partial charge in [0.05, 0.1) is 12.5 Å². The van der Waals surface area contributed by atoms with Crippen LogP contribution in [-0.2, 0) is 4.79 Å². The van der Waals surface area contributed by atoms with Crippen molar-refractivity contribution < 1.29 is 9.90 Å². The fraction of sp³-hybridized carbons (Fsp3) is 0.462. The molecule has 0 radical (unpaired) electrons. The third kappa shape index (κ3) is 2.81. The summed E-state index contributed by atoms with van der Waals surface area (Å²) < 4.78 is 1.56. The Morgan fingerprint density at radius 2 is 2.20 bits per heavy atom. The molecule has 0 saturated heterocycles. The van der Waals surface area contributed by atoms with E-state index in [0.717, 1.165) is 5.56 Å². The summed E-state index contributed by atoms with van der Waals surface area (Å²) >= 11 is 0. The van der Waals surface area contributed by atoms with E-state index in [2.05, 4.69) is 20.5 Å². The van der Waals surface area contributed by atoms with Crippen LogP contribution < -0.4 is 0 Å². The number of tetrazole rings is 1. The SMILES string of the molecule is Cc1cccnc1-c1nnnn1C(CC(=O)O)C(C)C. The molecule has 1 N–H and O–H groups in total. The van der Waals surface area contributed by atoms with Gasteiger partial charge in [0.25, 0.3) is 0 Å². The van der Waals surface area contributed by atoms with Gasteiger partial charge in [-0.05, 0) is 34.9 Å². The molecule has 0 saturated carbocycles. The summed E-state index contributed by atoms with van der Waals surface area (Å²) in [6.45, 7) is 5.82. The molecule has 0 aromatic carbocycles. The van der Waals surface area contributed by atoms with E-state index in [4.69, 9.17) is 5.11 Å². The highest BCUT2D eigenvalue weighted by molar-refractivity contribution is 5.67. The highest BCUT2D eigenvalue weighted by atomic mass is 16.4. The molecule has 2 heterocycles. The summed E-state index contributed by atoms with van der Waals surface area (Å²) in [6.07, 6.45) is 1.64. The van der Waals surface area contributed by atoms with Gasteiger partial charge < -0.3 is 5.11 Å². The monoisotopic (exact) mass is 275 g/mol. The fourth-order valence-electron chi connectivity index (χ4n) is 2.08. The van der Waals surface area contributed by atoms with Crippen molar-refractivity contribution in [2.45, 2.75) is 33.2 Å². The number of hydrogen-bond acceptors (Lipinski definition) is 5. The van der Waals surface area contributed by atoms with E-state index in [1.807, 2.05) is 32.9 Å². The second-order valence-electron chi connectivity index (χ2n) is 5.03.